The second-order valence-corrected chi connectivity index (χ2v) is 5.86. The zero-order valence-electron chi connectivity index (χ0n) is 12.5. The van der Waals surface area contributed by atoms with Crippen LogP contribution in [0.15, 0.2) is 22.7 Å². The molecule has 1 unspecified atom stereocenters. The highest BCUT2D eigenvalue weighted by Gasteiger charge is 2.14. The second kappa shape index (κ2) is 7.88. The van der Waals surface area contributed by atoms with Crippen LogP contribution in [0.25, 0.3) is 0 Å². The molecule has 0 aromatic heterocycles. The Labute approximate surface area is 125 Å². The topological polar surface area (TPSA) is 24.5 Å². The van der Waals surface area contributed by atoms with E-state index in [9.17, 15) is 0 Å². The molecule has 0 bridgehead atoms. The van der Waals surface area contributed by atoms with Gasteiger partial charge in [-0.25, -0.2) is 0 Å². The predicted octanol–water partition coefficient (Wildman–Crippen LogP) is 3.59. The number of hydrogen-bond acceptors (Lipinski definition) is 3. The SMILES string of the molecule is CNC(C)c1ccc(N(CCOC)C(C)C)c(Br)c1. The number of benzene rings is 1. The van der Waals surface area contributed by atoms with Crippen LogP contribution in [0.4, 0.5) is 5.69 Å². The van der Waals surface area contributed by atoms with E-state index >= 15 is 0 Å². The van der Waals surface area contributed by atoms with Crippen LogP contribution < -0.4 is 10.2 Å². The zero-order chi connectivity index (χ0) is 14.4. The van der Waals surface area contributed by atoms with Crippen LogP contribution in [0.1, 0.15) is 32.4 Å². The highest BCUT2D eigenvalue weighted by molar-refractivity contribution is 9.10. The van der Waals surface area contributed by atoms with Gasteiger partial charge in [-0.2, -0.15) is 0 Å². The number of ether oxygens (including phenoxy) is 1. The van der Waals surface area contributed by atoms with Crippen LogP contribution in [-0.4, -0.2) is 33.4 Å². The molecule has 0 radical (unpaired) electrons. The number of anilines is 1. The molecule has 0 saturated carbocycles. The van der Waals surface area contributed by atoms with Gasteiger partial charge in [-0.3, -0.25) is 0 Å². The summed E-state index contributed by atoms with van der Waals surface area (Å²) in [7, 11) is 3.72. The molecule has 1 N–H and O–H groups in total. The molecule has 0 fully saturated rings. The Morgan fingerprint density at radius 2 is 2.00 bits per heavy atom. The molecule has 0 heterocycles. The quantitative estimate of drug-likeness (QED) is 0.827. The van der Waals surface area contributed by atoms with Gasteiger partial charge in [0.1, 0.15) is 0 Å². The summed E-state index contributed by atoms with van der Waals surface area (Å²) in [6.45, 7) is 8.19. The van der Waals surface area contributed by atoms with Gasteiger partial charge in [0.25, 0.3) is 0 Å². The van der Waals surface area contributed by atoms with Crippen molar-refractivity contribution in [1.82, 2.24) is 5.32 Å². The summed E-state index contributed by atoms with van der Waals surface area (Å²) >= 11 is 3.70. The number of nitrogens with one attached hydrogen (secondary N) is 1. The van der Waals surface area contributed by atoms with Gasteiger partial charge in [-0.1, -0.05) is 6.07 Å². The van der Waals surface area contributed by atoms with E-state index in [2.05, 4.69) is 65.1 Å². The van der Waals surface area contributed by atoms with Gasteiger partial charge in [0.15, 0.2) is 0 Å². The van der Waals surface area contributed by atoms with E-state index in [1.54, 1.807) is 7.11 Å². The van der Waals surface area contributed by atoms with Crippen LogP contribution >= 0.6 is 15.9 Å². The number of halogens is 1. The van der Waals surface area contributed by atoms with Gasteiger partial charge in [0.05, 0.1) is 12.3 Å². The fourth-order valence-electron chi connectivity index (χ4n) is 2.04. The lowest BCUT2D eigenvalue weighted by molar-refractivity contribution is 0.204. The standard InChI is InChI=1S/C15H25BrN2O/c1-11(2)18(8-9-19-5)15-7-6-13(10-14(15)16)12(3)17-4/h6-7,10-12,17H,8-9H2,1-5H3. The summed E-state index contributed by atoms with van der Waals surface area (Å²) in [4.78, 5) is 2.35. The minimum absolute atomic E-state index is 0.358. The van der Waals surface area contributed by atoms with E-state index < -0.39 is 0 Å². The van der Waals surface area contributed by atoms with Gasteiger partial charge in [-0.05, 0) is 61.4 Å². The van der Waals surface area contributed by atoms with E-state index in [1.807, 2.05) is 7.05 Å². The average molecular weight is 329 g/mol. The lowest BCUT2D eigenvalue weighted by Crippen LogP contribution is -2.34. The predicted molar refractivity (Wildman–Crippen MR) is 86.0 cm³/mol. The molecule has 1 atom stereocenters. The molecule has 1 aromatic carbocycles. The number of rotatable bonds is 7. The maximum Gasteiger partial charge on any atom is 0.0637 e. The Kier molecular flexibility index (Phi) is 6.83. The van der Waals surface area contributed by atoms with Gasteiger partial charge in [0.2, 0.25) is 0 Å². The molecule has 1 aromatic rings. The Hall–Kier alpha value is -0.580. The first kappa shape index (κ1) is 16.5. The van der Waals surface area contributed by atoms with Gasteiger partial charge in [-0.15, -0.1) is 0 Å². The van der Waals surface area contributed by atoms with Crippen LogP contribution in [-0.2, 0) is 4.74 Å². The molecule has 108 valence electrons. The molecule has 0 aliphatic rings. The minimum Gasteiger partial charge on any atom is -0.383 e. The summed E-state index contributed by atoms with van der Waals surface area (Å²) in [6, 6.07) is 7.36. The van der Waals surface area contributed by atoms with Gasteiger partial charge >= 0.3 is 0 Å². The third-order valence-corrected chi connectivity index (χ3v) is 4.01. The highest BCUT2D eigenvalue weighted by Crippen LogP contribution is 2.30. The first-order valence-electron chi connectivity index (χ1n) is 6.73. The van der Waals surface area contributed by atoms with Crippen molar-refractivity contribution in [2.75, 3.05) is 32.2 Å². The highest BCUT2D eigenvalue weighted by atomic mass is 79.9. The van der Waals surface area contributed by atoms with Crippen molar-refractivity contribution in [3.8, 4) is 0 Å². The molecule has 3 nitrogen and oxygen atoms in total. The van der Waals surface area contributed by atoms with Crippen molar-refractivity contribution in [2.24, 2.45) is 0 Å². The van der Waals surface area contributed by atoms with Gasteiger partial charge in [0, 0.05) is 30.2 Å². The molecule has 0 saturated heterocycles. The second-order valence-electron chi connectivity index (χ2n) is 5.00. The maximum absolute atomic E-state index is 5.20. The lowest BCUT2D eigenvalue weighted by Gasteiger charge is -2.30. The van der Waals surface area contributed by atoms with Crippen molar-refractivity contribution in [3.63, 3.8) is 0 Å². The largest absolute Gasteiger partial charge is 0.383 e. The van der Waals surface area contributed by atoms with E-state index in [0.717, 1.165) is 17.6 Å². The average Bonchev–Trinajstić information content (AvgIpc) is 2.39. The summed E-state index contributed by atoms with van der Waals surface area (Å²) in [5.41, 5.74) is 2.51. The molecule has 0 aliphatic heterocycles. The first-order chi connectivity index (χ1) is 9.01. The van der Waals surface area contributed by atoms with E-state index in [1.165, 1.54) is 11.3 Å². The Balaban J connectivity index is 2.98. The number of methoxy groups -OCH3 is 1. The third-order valence-electron chi connectivity index (χ3n) is 3.37. The first-order valence-corrected chi connectivity index (χ1v) is 7.52. The number of nitrogens with zero attached hydrogens (tertiary/aromatic N) is 1. The summed E-state index contributed by atoms with van der Waals surface area (Å²) in [5.74, 6) is 0. The molecule has 19 heavy (non-hydrogen) atoms. The Morgan fingerprint density at radius 1 is 1.32 bits per heavy atom. The maximum atomic E-state index is 5.20. The van der Waals surface area contributed by atoms with Crippen LogP contribution in [0.5, 0.6) is 0 Å². The fourth-order valence-corrected chi connectivity index (χ4v) is 2.66. The van der Waals surface area contributed by atoms with Crippen LogP contribution in [0.3, 0.4) is 0 Å². The van der Waals surface area contributed by atoms with Crippen LogP contribution in [0, 0.1) is 0 Å². The third kappa shape index (κ3) is 4.48. The van der Waals surface area contributed by atoms with E-state index in [4.69, 9.17) is 4.74 Å². The number of hydrogen-bond donors (Lipinski definition) is 1. The monoisotopic (exact) mass is 328 g/mol. The molecule has 4 heteroatoms. The van der Waals surface area contributed by atoms with E-state index in [-0.39, 0.29) is 0 Å². The molecular formula is C15H25BrN2O. The van der Waals surface area contributed by atoms with Crippen molar-refractivity contribution in [2.45, 2.75) is 32.9 Å². The van der Waals surface area contributed by atoms with Crippen molar-refractivity contribution in [1.29, 1.82) is 0 Å². The fraction of sp³-hybridized carbons (Fsp3) is 0.600. The summed E-state index contributed by atoms with van der Waals surface area (Å²) in [6.07, 6.45) is 0. The normalized spacial score (nSPS) is 12.8. The van der Waals surface area contributed by atoms with Crippen molar-refractivity contribution >= 4 is 21.6 Å². The molecule has 0 spiro atoms. The van der Waals surface area contributed by atoms with Gasteiger partial charge < -0.3 is 15.0 Å². The Morgan fingerprint density at radius 3 is 2.47 bits per heavy atom. The van der Waals surface area contributed by atoms with E-state index in [0.29, 0.717) is 12.1 Å². The summed E-state index contributed by atoms with van der Waals surface area (Å²) in [5, 5.41) is 3.26. The smallest absolute Gasteiger partial charge is 0.0637 e. The lowest BCUT2D eigenvalue weighted by atomic mass is 10.1. The van der Waals surface area contributed by atoms with Crippen LogP contribution in [0.2, 0.25) is 0 Å². The van der Waals surface area contributed by atoms with Crippen molar-refractivity contribution < 1.29 is 4.74 Å². The summed E-state index contributed by atoms with van der Waals surface area (Å²) < 4.78 is 6.33. The molecule has 0 aliphatic carbocycles. The zero-order valence-corrected chi connectivity index (χ0v) is 14.1. The Bertz CT molecular complexity index is 396. The molecule has 0 amide bonds. The molecular weight excluding hydrogens is 304 g/mol. The minimum atomic E-state index is 0.358. The molecule has 1 rings (SSSR count). The van der Waals surface area contributed by atoms with Crippen molar-refractivity contribution in [3.05, 3.63) is 28.2 Å².